The Kier molecular flexibility index (Phi) is 9.04. The Labute approximate surface area is 252 Å². The van der Waals surface area contributed by atoms with Crippen molar-refractivity contribution in [3.8, 4) is 22.8 Å². The number of amides is 1. The van der Waals surface area contributed by atoms with Gasteiger partial charge in [0.25, 0.3) is 5.91 Å². The minimum Gasteiger partial charge on any atom is -0.493 e. The van der Waals surface area contributed by atoms with Crippen molar-refractivity contribution in [3.05, 3.63) is 89.1 Å². The first-order valence-corrected chi connectivity index (χ1v) is 15.5. The summed E-state index contributed by atoms with van der Waals surface area (Å²) in [5.74, 6) is -0.793. The van der Waals surface area contributed by atoms with Gasteiger partial charge >= 0.3 is 5.97 Å². The molecule has 43 heavy (non-hydrogen) atoms. The van der Waals surface area contributed by atoms with E-state index in [0.29, 0.717) is 34.3 Å². The third kappa shape index (κ3) is 6.69. The normalized spacial score (nSPS) is 14.9. The van der Waals surface area contributed by atoms with E-state index in [1.165, 1.54) is 34.9 Å². The molecule has 1 N–H and O–H groups in total. The molecule has 2 heterocycles. The van der Waals surface area contributed by atoms with Gasteiger partial charge in [-0.1, -0.05) is 24.3 Å². The minimum atomic E-state index is -4.06. The topological polar surface area (TPSA) is 124 Å². The fourth-order valence-corrected chi connectivity index (χ4v) is 7.19. The molecule has 1 aromatic heterocycles. The fraction of sp³-hybridized carbons (Fsp3) is 0.233. The van der Waals surface area contributed by atoms with Crippen LogP contribution in [-0.2, 0) is 30.8 Å². The van der Waals surface area contributed by atoms with Gasteiger partial charge in [-0.15, -0.1) is 11.3 Å². The van der Waals surface area contributed by atoms with Crippen molar-refractivity contribution in [2.24, 2.45) is 0 Å². The van der Waals surface area contributed by atoms with Crippen LogP contribution in [0.2, 0.25) is 0 Å². The first-order chi connectivity index (χ1) is 20.7. The highest BCUT2D eigenvalue weighted by Crippen LogP contribution is 2.37. The molecule has 5 rings (SSSR count). The Balaban J connectivity index is 1.24. The van der Waals surface area contributed by atoms with E-state index in [1.807, 2.05) is 18.2 Å². The van der Waals surface area contributed by atoms with Crippen LogP contribution in [0.4, 0.5) is 9.52 Å². The van der Waals surface area contributed by atoms with Crippen LogP contribution < -0.4 is 14.8 Å². The van der Waals surface area contributed by atoms with Gasteiger partial charge in [0.1, 0.15) is 5.82 Å². The van der Waals surface area contributed by atoms with Crippen molar-refractivity contribution in [1.29, 1.82) is 0 Å². The number of nitrogens with zero attached hydrogens (tertiary/aromatic N) is 2. The number of carbonyl (C=O) groups is 2. The standard InChI is InChI=1S/C30H28FN3O7S2/c1-39-26-12-7-20(15-27(26)40-2)24-18-42-30(32-24)33-28(35)17-41-29(36)16-25-23-6-4-3-5-19(23)13-14-34(25)43(37,38)22-10-8-21(31)9-11-22/h3-12,15,18,25H,13-14,16-17H2,1-2H3,(H,32,33,35). The zero-order valence-electron chi connectivity index (χ0n) is 23.3. The molecule has 1 unspecified atom stereocenters. The van der Waals surface area contributed by atoms with E-state index in [1.54, 1.807) is 36.8 Å². The second-order valence-electron chi connectivity index (χ2n) is 9.55. The van der Waals surface area contributed by atoms with Crippen molar-refractivity contribution >= 4 is 38.4 Å². The number of carbonyl (C=O) groups excluding carboxylic acids is 2. The summed E-state index contributed by atoms with van der Waals surface area (Å²) in [7, 11) is -0.985. The Hall–Kier alpha value is -4.33. The van der Waals surface area contributed by atoms with E-state index in [0.717, 1.165) is 23.3 Å². The molecule has 1 aliphatic heterocycles. The smallest absolute Gasteiger partial charge is 0.308 e. The number of aromatic nitrogens is 1. The molecule has 0 bridgehead atoms. The lowest BCUT2D eigenvalue weighted by Crippen LogP contribution is -2.41. The Bertz CT molecular complexity index is 1740. The van der Waals surface area contributed by atoms with Crippen LogP contribution in [0.5, 0.6) is 11.5 Å². The monoisotopic (exact) mass is 625 g/mol. The average Bonchev–Trinajstić information content (AvgIpc) is 3.48. The number of halogens is 1. The number of methoxy groups -OCH3 is 2. The predicted molar refractivity (Wildman–Crippen MR) is 158 cm³/mol. The molecule has 224 valence electrons. The molecule has 0 fully saturated rings. The lowest BCUT2D eigenvalue weighted by atomic mass is 9.92. The highest BCUT2D eigenvalue weighted by atomic mass is 32.2. The molecule has 1 amide bonds. The molecule has 0 aliphatic carbocycles. The van der Waals surface area contributed by atoms with Crippen molar-refractivity contribution in [3.63, 3.8) is 0 Å². The minimum absolute atomic E-state index is 0.0815. The molecule has 0 saturated carbocycles. The van der Waals surface area contributed by atoms with Gasteiger partial charge in [-0.05, 0) is 60.0 Å². The molecule has 1 atom stereocenters. The van der Waals surface area contributed by atoms with Crippen LogP contribution >= 0.6 is 11.3 Å². The Morgan fingerprint density at radius 2 is 1.79 bits per heavy atom. The van der Waals surface area contributed by atoms with Crippen molar-refractivity contribution in [2.45, 2.75) is 23.8 Å². The van der Waals surface area contributed by atoms with E-state index < -0.39 is 40.4 Å². The summed E-state index contributed by atoms with van der Waals surface area (Å²) in [5, 5.41) is 4.69. The lowest BCUT2D eigenvalue weighted by Gasteiger charge is -2.36. The lowest BCUT2D eigenvalue weighted by molar-refractivity contribution is -0.148. The van der Waals surface area contributed by atoms with Crippen LogP contribution in [0.3, 0.4) is 0 Å². The largest absolute Gasteiger partial charge is 0.493 e. The number of ether oxygens (including phenoxy) is 3. The van der Waals surface area contributed by atoms with E-state index in [2.05, 4.69) is 10.3 Å². The van der Waals surface area contributed by atoms with Gasteiger partial charge in [-0.2, -0.15) is 4.31 Å². The zero-order valence-corrected chi connectivity index (χ0v) is 24.9. The van der Waals surface area contributed by atoms with Gasteiger partial charge in [0.05, 0.1) is 37.3 Å². The summed E-state index contributed by atoms with van der Waals surface area (Å²) in [6.07, 6.45) is 0.134. The molecular formula is C30H28FN3O7S2. The van der Waals surface area contributed by atoms with E-state index in [4.69, 9.17) is 14.2 Å². The Morgan fingerprint density at radius 1 is 1.05 bits per heavy atom. The van der Waals surface area contributed by atoms with Gasteiger partial charge in [0.2, 0.25) is 10.0 Å². The summed E-state index contributed by atoms with van der Waals surface area (Å²) >= 11 is 1.20. The van der Waals surface area contributed by atoms with Gasteiger partial charge in [0, 0.05) is 17.5 Å². The average molecular weight is 626 g/mol. The fourth-order valence-electron chi connectivity index (χ4n) is 4.85. The number of esters is 1. The number of hydrogen-bond acceptors (Lipinski definition) is 9. The van der Waals surface area contributed by atoms with Crippen molar-refractivity contribution < 1.29 is 36.6 Å². The number of hydrogen-bond donors (Lipinski definition) is 1. The number of fused-ring (bicyclic) bond motifs is 1. The number of benzene rings is 3. The van der Waals surface area contributed by atoms with E-state index in [9.17, 15) is 22.4 Å². The van der Waals surface area contributed by atoms with Crippen molar-refractivity contribution in [2.75, 3.05) is 32.7 Å². The van der Waals surface area contributed by atoms with Gasteiger partial charge < -0.3 is 14.2 Å². The summed E-state index contributed by atoms with van der Waals surface area (Å²) in [4.78, 5) is 29.8. The summed E-state index contributed by atoms with van der Waals surface area (Å²) in [6, 6.07) is 16.3. The maximum Gasteiger partial charge on any atom is 0.308 e. The maximum atomic E-state index is 13.5. The van der Waals surface area contributed by atoms with Crippen LogP contribution in [0.25, 0.3) is 11.3 Å². The number of rotatable bonds is 10. The molecule has 0 radical (unpaired) electrons. The summed E-state index contributed by atoms with van der Waals surface area (Å²) < 4.78 is 57.6. The molecule has 10 nitrogen and oxygen atoms in total. The molecule has 0 saturated heterocycles. The molecule has 3 aromatic carbocycles. The first kappa shape index (κ1) is 30.1. The van der Waals surface area contributed by atoms with Crippen molar-refractivity contribution in [1.82, 2.24) is 9.29 Å². The zero-order chi connectivity index (χ0) is 30.6. The second-order valence-corrected chi connectivity index (χ2v) is 12.3. The first-order valence-electron chi connectivity index (χ1n) is 13.2. The highest BCUT2D eigenvalue weighted by molar-refractivity contribution is 7.89. The molecular weight excluding hydrogens is 597 g/mol. The third-order valence-corrected chi connectivity index (χ3v) is 9.62. The van der Waals surface area contributed by atoms with E-state index >= 15 is 0 Å². The van der Waals surface area contributed by atoms with Crippen LogP contribution in [0.15, 0.2) is 77.0 Å². The van der Waals surface area contributed by atoms with Crippen LogP contribution in [0.1, 0.15) is 23.6 Å². The molecule has 0 spiro atoms. The van der Waals surface area contributed by atoms with Crippen LogP contribution in [0, 0.1) is 5.82 Å². The van der Waals surface area contributed by atoms with Crippen LogP contribution in [-0.4, -0.2) is 57.0 Å². The quantitative estimate of drug-likeness (QED) is 0.249. The number of nitrogens with one attached hydrogen (secondary N) is 1. The number of anilines is 1. The number of thiazole rings is 1. The summed E-state index contributed by atoms with van der Waals surface area (Å²) in [5.41, 5.74) is 2.95. The summed E-state index contributed by atoms with van der Waals surface area (Å²) in [6.45, 7) is -0.454. The predicted octanol–water partition coefficient (Wildman–Crippen LogP) is 4.83. The van der Waals surface area contributed by atoms with Gasteiger partial charge in [-0.3, -0.25) is 14.9 Å². The second kappa shape index (κ2) is 12.9. The maximum absolute atomic E-state index is 13.5. The third-order valence-electron chi connectivity index (χ3n) is 6.94. The number of sulfonamides is 1. The van der Waals surface area contributed by atoms with Gasteiger partial charge in [-0.25, -0.2) is 17.8 Å². The molecule has 1 aliphatic rings. The van der Waals surface area contributed by atoms with Gasteiger partial charge in [0.15, 0.2) is 23.2 Å². The SMILES string of the molecule is COc1ccc(-c2csc(NC(=O)COC(=O)CC3c4ccccc4CCN3S(=O)(=O)c3ccc(F)cc3)n2)cc1OC. The van der Waals surface area contributed by atoms with E-state index in [-0.39, 0.29) is 17.9 Å². The highest BCUT2D eigenvalue weighted by Gasteiger charge is 2.38. The Morgan fingerprint density at radius 3 is 2.53 bits per heavy atom. The molecule has 4 aromatic rings. The molecule has 13 heteroatoms.